The molecular formula is C18H21ClN2O. The number of rotatable bonds is 5. The Hall–Kier alpha value is -2.00. The molecule has 0 radical (unpaired) electrons. The van der Waals surface area contributed by atoms with Crippen LogP contribution in [-0.4, -0.2) is 6.03 Å². The molecule has 3 nitrogen and oxygen atoms in total. The molecule has 0 fully saturated rings. The Morgan fingerprint density at radius 3 is 2.27 bits per heavy atom. The highest BCUT2D eigenvalue weighted by atomic mass is 35.5. The van der Waals surface area contributed by atoms with E-state index in [0.717, 1.165) is 11.1 Å². The van der Waals surface area contributed by atoms with Crippen LogP contribution in [0.1, 0.15) is 31.0 Å². The highest BCUT2D eigenvalue weighted by molar-refractivity contribution is 6.30. The summed E-state index contributed by atoms with van der Waals surface area (Å²) in [5.74, 6) is 0.281. The molecule has 2 aromatic carbocycles. The summed E-state index contributed by atoms with van der Waals surface area (Å²) >= 11 is 5.92. The maximum atomic E-state index is 12.1. The van der Waals surface area contributed by atoms with Gasteiger partial charge in [0.1, 0.15) is 0 Å². The molecule has 116 valence electrons. The molecule has 22 heavy (non-hydrogen) atoms. The van der Waals surface area contributed by atoms with Gasteiger partial charge in [0.05, 0.1) is 6.04 Å². The van der Waals surface area contributed by atoms with E-state index in [2.05, 4.69) is 24.5 Å². The highest BCUT2D eigenvalue weighted by Crippen LogP contribution is 2.23. The second-order valence-electron chi connectivity index (χ2n) is 5.59. The van der Waals surface area contributed by atoms with Crippen molar-refractivity contribution in [2.75, 3.05) is 0 Å². The fraction of sp³-hybridized carbons (Fsp3) is 0.278. The third kappa shape index (κ3) is 4.78. The fourth-order valence-electron chi connectivity index (χ4n) is 2.28. The summed E-state index contributed by atoms with van der Waals surface area (Å²) in [7, 11) is 0. The zero-order valence-electron chi connectivity index (χ0n) is 12.8. The van der Waals surface area contributed by atoms with Crippen LogP contribution in [0.2, 0.25) is 5.02 Å². The van der Waals surface area contributed by atoms with Gasteiger partial charge in [0.2, 0.25) is 0 Å². The molecule has 0 aliphatic heterocycles. The number of halogens is 1. The third-order valence-corrected chi connectivity index (χ3v) is 3.73. The van der Waals surface area contributed by atoms with Crippen molar-refractivity contribution in [1.82, 2.24) is 10.6 Å². The monoisotopic (exact) mass is 316 g/mol. The van der Waals surface area contributed by atoms with Crippen LogP contribution in [0.4, 0.5) is 4.79 Å². The van der Waals surface area contributed by atoms with E-state index in [1.807, 2.05) is 54.6 Å². The van der Waals surface area contributed by atoms with E-state index >= 15 is 0 Å². The molecule has 0 aliphatic carbocycles. The van der Waals surface area contributed by atoms with Crippen LogP contribution in [0.5, 0.6) is 0 Å². The lowest BCUT2D eigenvalue weighted by Crippen LogP contribution is -2.39. The number of benzene rings is 2. The van der Waals surface area contributed by atoms with Crippen LogP contribution in [0.15, 0.2) is 54.6 Å². The zero-order chi connectivity index (χ0) is 15.9. The Kier molecular flexibility index (Phi) is 5.84. The van der Waals surface area contributed by atoms with Gasteiger partial charge in [0, 0.05) is 11.6 Å². The van der Waals surface area contributed by atoms with Gasteiger partial charge in [0.25, 0.3) is 0 Å². The summed E-state index contributed by atoms with van der Waals surface area (Å²) in [4.78, 5) is 12.1. The maximum Gasteiger partial charge on any atom is 0.315 e. The Balaban J connectivity index is 1.96. The summed E-state index contributed by atoms with van der Waals surface area (Å²) in [6.07, 6.45) is 0. The van der Waals surface area contributed by atoms with E-state index in [-0.39, 0.29) is 18.0 Å². The smallest absolute Gasteiger partial charge is 0.315 e. The number of carbonyl (C=O) groups is 1. The lowest BCUT2D eigenvalue weighted by molar-refractivity contribution is 0.232. The summed E-state index contributed by atoms with van der Waals surface area (Å²) in [6, 6.07) is 17.2. The number of hydrogen-bond donors (Lipinski definition) is 2. The Morgan fingerprint density at radius 2 is 1.68 bits per heavy atom. The summed E-state index contributed by atoms with van der Waals surface area (Å²) < 4.78 is 0. The second kappa shape index (κ2) is 7.85. The zero-order valence-corrected chi connectivity index (χ0v) is 13.6. The minimum absolute atomic E-state index is 0.0481. The third-order valence-electron chi connectivity index (χ3n) is 3.48. The predicted molar refractivity (Wildman–Crippen MR) is 90.8 cm³/mol. The molecule has 2 amide bonds. The molecule has 2 aromatic rings. The van der Waals surface area contributed by atoms with Crippen molar-refractivity contribution in [3.8, 4) is 0 Å². The lowest BCUT2D eigenvalue weighted by atomic mass is 9.96. The molecular weight excluding hydrogens is 296 g/mol. The van der Waals surface area contributed by atoms with Crippen molar-refractivity contribution in [2.45, 2.75) is 26.4 Å². The van der Waals surface area contributed by atoms with E-state index in [0.29, 0.717) is 11.6 Å². The van der Waals surface area contributed by atoms with Crippen molar-refractivity contribution in [3.63, 3.8) is 0 Å². The normalized spacial score (nSPS) is 12.0. The second-order valence-corrected chi connectivity index (χ2v) is 6.02. The minimum atomic E-state index is -0.169. The first-order valence-corrected chi connectivity index (χ1v) is 7.78. The topological polar surface area (TPSA) is 41.1 Å². The van der Waals surface area contributed by atoms with E-state index in [1.54, 1.807) is 0 Å². The lowest BCUT2D eigenvalue weighted by Gasteiger charge is -2.23. The van der Waals surface area contributed by atoms with Crippen LogP contribution in [0.3, 0.4) is 0 Å². The molecule has 0 aliphatic rings. The average Bonchev–Trinajstić information content (AvgIpc) is 2.52. The van der Waals surface area contributed by atoms with Gasteiger partial charge in [0.15, 0.2) is 0 Å². The molecule has 0 aromatic heterocycles. The largest absolute Gasteiger partial charge is 0.334 e. The van der Waals surface area contributed by atoms with Crippen molar-refractivity contribution in [2.24, 2.45) is 5.92 Å². The number of amides is 2. The van der Waals surface area contributed by atoms with E-state index in [9.17, 15) is 4.79 Å². The van der Waals surface area contributed by atoms with Crippen LogP contribution in [-0.2, 0) is 6.54 Å². The highest BCUT2D eigenvalue weighted by Gasteiger charge is 2.18. The van der Waals surface area contributed by atoms with Crippen LogP contribution in [0, 0.1) is 5.92 Å². The van der Waals surface area contributed by atoms with E-state index in [1.165, 1.54) is 0 Å². The maximum absolute atomic E-state index is 12.1. The molecule has 1 atom stereocenters. The molecule has 0 saturated carbocycles. The summed E-state index contributed by atoms with van der Waals surface area (Å²) in [5.41, 5.74) is 2.12. The van der Waals surface area contributed by atoms with Crippen LogP contribution >= 0.6 is 11.6 Å². The molecule has 0 heterocycles. The molecule has 0 bridgehead atoms. The first-order chi connectivity index (χ1) is 10.6. The average molecular weight is 317 g/mol. The number of hydrogen-bond acceptors (Lipinski definition) is 1. The van der Waals surface area contributed by atoms with E-state index < -0.39 is 0 Å². The predicted octanol–water partition coefficient (Wildman–Crippen LogP) is 4.54. The summed E-state index contributed by atoms with van der Waals surface area (Å²) in [5, 5.41) is 6.61. The van der Waals surface area contributed by atoms with Gasteiger partial charge in [-0.1, -0.05) is 67.9 Å². The van der Waals surface area contributed by atoms with Gasteiger partial charge < -0.3 is 10.6 Å². The molecule has 2 N–H and O–H groups in total. The van der Waals surface area contributed by atoms with Crippen molar-refractivity contribution in [1.29, 1.82) is 0 Å². The number of urea groups is 1. The fourth-order valence-corrected chi connectivity index (χ4v) is 2.40. The van der Waals surface area contributed by atoms with Gasteiger partial charge in [-0.2, -0.15) is 0 Å². The SMILES string of the molecule is CC(C)C(NC(=O)NCc1ccccc1)c1ccc(Cl)cc1. The molecule has 2 rings (SSSR count). The molecule has 0 spiro atoms. The Morgan fingerprint density at radius 1 is 1.05 bits per heavy atom. The molecule has 0 saturated heterocycles. The van der Waals surface area contributed by atoms with Crippen LogP contribution in [0.25, 0.3) is 0 Å². The number of nitrogens with one attached hydrogen (secondary N) is 2. The van der Waals surface area contributed by atoms with Crippen LogP contribution < -0.4 is 10.6 Å². The Bertz CT molecular complexity index is 596. The summed E-state index contributed by atoms with van der Waals surface area (Å²) in [6.45, 7) is 4.67. The van der Waals surface area contributed by atoms with Gasteiger partial charge in [-0.15, -0.1) is 0 Å². The van der Waals surface area contributed by atoms with Gasteiger partial charge in [-0.05, 0) is 29.2 Å². The van der Waals surface area contributed by atoms with Gasteiger partial charge in [-0.3, -0.25) is 0 Å². The minimum Gasteiger partial charge on any atom is -0.334 e. The quantitative estimate of drug-likeness (QED) is 0.835. The van der Waals surface area contributed by atoms with Gasteiger partial charge in [-0.25, -0.2) is 4.79 Å². The van der Waals surface area contributed by atoms with Gasteiger partial charge >= 0.3 is 6.03 Å². The van der Waals surface area contributed by atoms with E-state index in [4.69, 9.17) is 11.6 Å². The van der Waals surface area contributed by atoms with Crippen molar-refractivity contribution < 1.29 is 4.79 Å². The molecule has 1 unspecified atom stereocenters. The number of carbonyl (C=O) groups excluding carboxylic acids is 1. The first-order valence-electron chi connectivity index (χ1n) is 7.40. The Labute approximate surface area is 136 Å². The van der Waals surface area contributed by atoms with Crippen molar-refractivity contribution >= 4 is 17.6 Å². The van der Waals surface area contributed by atoms with Crippen molar-refractivity contribution in [3.05, 3.63) is 70.7 Å². The first kappa shape index (κ1) is 16.4. The standard InChI is InChI=1S/C18H21ClN2O/c1-13(2)17(15-8-10-16(19)11-9-15)21-18(22)20-12-14-6-4-3-5-7-14/h3-11,13,17H,12H2,1-2H3,(H2,20,21,22). The molecule has 4 heteroatoms.